The number of carbonyl (C=O) groups excluding carboxylic acids is 4. The third-order valence-corrected chi connectivity index (χ3v) is 9.40. The molecule has 2 saturated carbocycles. The van der Waals surface area contributed by atoms with Crippen LogP contribution in [0.25, 0.3) is 22.2 Å². The Balaban J connectivity index is 1.15. The molecule has 2 heterocycles. The van der Waals surface area contributed by atoms with Crippen molar-refractivity contribution in [3.63, 3.8) is 0 Å². The first-order valence-corrected chi connectivity index (χ1v) is 14.6. The maximum atomic E-state index is 13.2. The van der Waals surface area contributed by atoms with Gasteiger partial charge in [0.15, 0.2) is 6.61 Å². The Kier molecular flexibility index (Phi) is 6.59. The number of aromatic nitrogens is 1. The number of imide groups is 1. The number of nitrogens with zero attached hydrogens (tertiary/aromatic N) is 2. The van der Waals surface area contributed by atoms with Gasteiger partial charge in [0, 0.05) is 21.5 Å². The first-order chi connectivity index (χ1) is 20.3. The van der Waals surface area contributed by atoms with E-state index in [1.165, 1.54) is 17.0 Å². The zero-order valence-electron chi connectivity index (χ0n) is 22.3. The van der Waals surface area contributed by atoms with Crippen molar-refractivity contribution in [1.29, 1.82) is 0 Å². The van der Waals surface area contributed by atoms with Crippen LogP contribution >= 0.6 is 23.2 Å². The maximum absolute atomic E-state index is 13.2. The molecule has 1 aliphatic heterocycles. The van der Waals surface area contributed by atoms with Crippen LogP contribution in [0.2, 0.25) is 10.0 Å². The maximum Gasteiger partial charge on any atom is 0.339 e. The first kappa shape index (κ1) is 26.8. The molecule has 42 heavy (non-hydrogen) atoms. The van der Waals surface area contributed by atoms with Crippen molar-refractivity contribution < 1.29 is 23.9 Å². The van der Waals surface area contributed by atoms with Crippen molar-refractivity contribution in [2.24, 2.45) is 23.7 Å². The molecule has 3 aromatic carbocycles. The van der Waals surface area contributed by atoms with Gasteiger partial charge in [0.05, 0.1) is 39.3 Å². The van der Waals surface area contributed by atoms with Gasteiger partial charge in [-0.2, -0.15) is 0 Å². The van der Waals surface area contributed by atoms with E-state index in [1.807, 2.05) is 6.07 Å². The normalized spacial score (nSPS) is 22.6. The fourth-order valence-electron chi connectivity index (χ4n) is 6.94. The molecule has 0 radical (unpaired) electrons. The molecular weight excluding hydrogens is 575 g/mol. The van der Waals surface area contributed by atoms with Crippen molar-refractivity contribution >= 4 is 63.4 Å². The number of rotatable bonds is 6. The summed E-state index contributed by atoms with van der Waals surface area (Å²) in [6.07, 6.45) is 3.04. The van der Waals surface area contributed by atoms with Gasteiger partial charge in [0.2, 0.25) is 17.6 Å². The van der Waals surface area contributed by atoms with E-state index in [0.717, 1.165) is 19.3 Å². The van der Waals surface area contributed by atoms with Gasteiger partial charge in [-0.3, -0.25) is 19.3 Å². The lowest BCUT2D eigenvalue weighted by Gasteiger charge is -2.19. The smallest absolute Gasteiger partial charge is 0.339 e. The van der Waals surface area contributed by atoms with E-state index >= 15 is 0 Å². The summed E-state index contributed by atoms with van der Waals surface area (Å²) in [6.45, 7) is -0.498. The largest absolute Gasteiger partial charge is 0.454 e. The lowest BCUT2D eigenvalue weighted by atomic mass is 9.81. The van der Waals surface area contributed by atoms with E-state index in [2.05, 4.69) is 0 Å². The number of pyridine rings is 1. The number of halogens is 2. The zero-order valence-corrected chi connectivity index (χ0v) is 23.8. The number of hydrogen-bond donors (Lipinski definition) is 0. The number of benzene rings is 3. The molecule has 210 valence electrons. The number of para-hydroxylation sites is 1. The minimum Gasteiger partial charge on any atom is -0.454 e. The lowest BCUT2D eigenvalue weighted by Crippen LogP contribution is -2.32. The highest BCUT2D eigenvalue weighted by Crippen LogP contribution is 2.56. The molecule has 4 aromatic rings. The standard InChI is InChI=1S/C33H24Cl2N2O5/c34-20-9-12-23(25(35)14-20)28(38)16-42-33(41)24-15-27(36-26-4-2-1-3-22(24)26)17-7-10-21(11-8-17)37-31(39)29-18-5-6-19(13-18)30(29)32(37)40/h1-4,7-12,14-15,18-19,29-30H,5-6,13,16H2/t18-,19+,29-,30+. The molecule has 9 heteroatoms. The molecule has 0 unspecified atom stereocenters. The van der Waals surface area contributed by atoms with Gasteiger partial charge in [-0.15, -0.1) is 0 Å². The van der Waals surface area contributed by atoms with Crippen LogP contribution in [-0.2, 0) is 14.3 Å². The Morgan fingerprint density at radius 2 is 1.55 bits per heavy atom. The van der Waals surface area contributed by atoms with Crippen LogP contribution in [0, 0.1) is 23.7 Å². The van der Waals surface area contributed by atoms with Gasteiger partial charge in [0.25, 0.3) is 0 Å². The molecule has 4 atom stereocenters. The molecule has 1 saturated heterocycles. The molecule has 2 aliphatic carbocycles. The first-order valence-electron chi connectivity index (χ1n) is 13.8. The Bertz CT molecular complexity index is 1780. The highest BCUT2D eigenvalue weighted by molar-refractivity contribution is 6.37. The second-order valence-electron chi connectivity index (χ2n) is 11.1. The minimum absolute atomic E-state index is 0.0896. The summed E-state index contributed by atoms with van der Waals surface area (Å²) in [4.78, 5) is 58.5. The van der Waals surface area contributed by atoms with Crippen molar-refractivity contribution in [3.05, 3.63) is 94.0 Å². The van der Waals surface area contributed by atoms with Crippen LogP contribution in [0.4, 0.5) is 5.69 Å². The number of esters is 1. The van der Waals surface area contributed by atoms with Gasteiger partial charge in [0.1, 0.15) is 0 Å². The summed E-state index contributed by atoms with van der Waals surface area (Å²) >= 11 is 12.1. The van der Waals surface area contributed by atoms with Crippen LogP contribution in [0.3, 0.4) is 0 Å². The van der Waals surface area contributed by atoms with E-state index in [0.29, 0.717) is 44.7 Å². The topological polar surface area (TPSA) is 93.6 Å². The van der Waals surface area contributed by atoms with Gasteiger partial charge in [-0.05, 0) is 73.6 Å². The number of amides is 2. The monoisotopic (exact) mass is 598 g/mol. The van der Waals surface area contributed by atoms with Crippen molar-refractivity contribution in [2.45, 2.75) is 19.3 Å². The predicted octanol–water partition coefficient (Wildman–Crippen LogP) is 6.78. The Morgan fingerprint density at radius 1 is 0.857 bits per heavy atom. The average Bonchev–Trinajstić information content (AvgIpc) is 3.68. The molecule has 3 fully saturated rings. The molecular formula is C33H24Cl2N2O5. The second kappa shape index (κ2) is 10.3. The summed E-state index contributed by atoms with van der Waals surface area (Å²) in [7, 11) is 0. The van der Waals surface area contributed by atoms with Crippen molar-refractivity contribution in [3.8, 4) is 11.3 Å². The summed E-state index contributed by atoms with van der Waals surface area (Å²) in [5, 5.41) is 1.15. The number of Topliss-reactive ketones (excluding diaryl/α,β-unsaturated/α-hetero) is 1. The number of anilines is 1. The number of ether oxygens (including phenoxy) is 1. The fourth-order valence-corrected chi connectivity index (χ4v) is 7.45. The molecule has 0 N–H and O–H groups in total. The van der Waals surface area contributed by atoms with E-state index in [-0.39, 0.29) is 39.8 Å². The SMILES string of the molecule is O=C(COC(=O)c1cc(-c2ccc(N3C(=O)[C@@H]4[C@@H]5CC[C@@H](C5)[C@@H]4C3=O)cc2)nc2ccccc12)c1ccc(Cl)cc1Cl. The summed E-state index contributed by atoms with van der Waals surface area (Å²) in [5.74, 6) is -1.05. The van der Waals surface area contributed by atoms with Gasteiger partial charge in [-0.25, -0.2) is 9.78 Å². The van der Waals surface area contributed by atoms with Gasteiger partial charge in [-0.1, -0.05) is 53.5 Å². The summed E-state index contributed by atoms with van der Waals surface area (Å²) in [5.41, 5.74) is 2.78. The number of fused-ring (bicyclic) bond motifs is 6. The Labute approximate surface area is 251 Å². The summed E-state index contributed by atoms with van der Waals surface area (Å²) in [6, 6.07) is 20.3. The lowest BCUT2D eigenvalue weighted by molar-refractivity contribution is -0.123. The van der Waals surface area contributed by atoms with E-state index in [9.17, 15) is 19.2 Å². The van der Waals surface area contributed by atoms with E-state index in [1.54, 1.807) is 54.6 Å². The molecule has 7 rings (SSSR count). The molecule has 0 spiro atoms. The molecule has 1 aromatic heterocycles. The van der Waals surface area contributed by atoms with Gasteiger partial charge < -0.3 is 4.74 Å². The predicted molar refractivity (Wildman–Crippen MR) is 159 cm³/mol. The quantitative estimate of drug-likeness (QED) is 0.138. The highest BCUT2D eigenvalue weighted by atomic mass is 35.5. The van der Waals surface area contributed by atoms with E-state index in [4.69, 9.17) is 32.9 Å². The molecule has 2 amide bonds. The van der Waals surface area contributed by atoms with Gasteiger partial charge >= 0.3 is 5.97 Å². The zero-order chi connectivity index (χ0) is 29.1. The molecule has 2 bridgehead atoms. The van der Waals surface area contributed by atoms with Crippen molar-refractivity contribution in [1.82, 2.24) is 4.98 Å². The third-order valence-electron chi connectivity index (χ3n) is 8.85. The van der Waals surface area contributed by atoms with Crippen LogP contribution in [0.1, 0.15) is 40.0 Å². The highest BCUT2D eigenvalue weighted by Gasteiger charge is 2.61. The second-order valence-corrected chi connectivity index (χ2v) is 12.0. The Hall–Kier alpha value is -4.07. The fraction of sp³-hybridized carbons (Fsp3) is 0.242. The van der Waals surface area contributed by atoms with Crippen LogP contribution in [-0.4, -0.2) is 35.2 Å². The van der Waals surface area contributed by atoms with Crippen molar-refractivity contribution in [2.75, 3.05) is 11.5 Å². The Morgan fingerprint density at radius 3 is 2.24 bits per heavy atom. The summed E-state index contributed by atoms with van der Waals surface area (Å²) < 4.78 is 5.41. The molecule has 7 nitrogen and oxygen atoms in total. The number of carbonyl (C=O) groups is 4. The van der Waals surface area contributed by atoms with Crippen LogP contribution < -0.4 is 4.90 Å². The van der Waals surface area contributed by atoms with Crippen LogP contribution in [0.5, 0.6) is 0 Å². The minimum atomic E-state index is -0.681. The average molecular weight is 599 g/mol. The third kappa shape index (κ3) is 4.39. The molecule has 3 aliphatic rings. The number of ketones is 1. The number of hydrogen-bond acceptors (Lipinski definition) is 6. The van der Waals surface area contributed by atoms with E-state index < -0.39 is 18.4 Å². The van der Waals surface area contributed by atoms with Crippen LogP contribution in [0.15, 0.2) is 72.8 Å².